The van der Waals surface area contributed by atoms with Crippen molar-refractivity contribution in [1.82, 2.24) is 42.4 Å². The second-order valence-corrected chi connectivity index (χ2v) is 18.8. The lowest BCUT2D eigenvalue weighted by molar-refractivity contribution is -0.150. The molecule has 4 aromatic carbocycles. The highest BCUT2D eigenvalue weighted by molar-refractivity contribution is 5.98. The number of phenols is 2. The number of aromatic hydroxyl groups is 2. The van der Waals surface area contributed by atoms with Crippen molar-refractivity contribution in [3.63, 3.8) is 0 Å². The van der Waals surface area contributed by atoms with Gasteiger partial charge in [0.05, 0.1) is 6.61 Å². The van der Waals surface area contributed by atoms with Crippen LogP contribution in [0.1, 0.15) is 69.2 Å². The molecule has 0 spiro atoms. The highest BCUT2D eigenvalue weighted by Gasteiger charge is 2.35. The van der Waals surface area contributed by atoms with Gasteiger partial charge < -0.3 is 57.6 Å². The molecule has 7 atom stereocenters. The van der Waals surface area contributed by atoms with Gasteiger partial charge in [-0.25, -0.2) is 15.1 Å². The smallest absolute Gasteiger partial charge is 0.339 e. The molecular formula is C54H67N9O12. The number of nitrogens with one attached hydrogen (secondary N) is 8. The highest BCUT2D eigenvalue weighted by atomic mass is 16.5. The van der Waals surface area contributed by atoms with E-state index in [-0.39, 0.29) is 62.5 Å². The quantitative estimate of drug-likeness (QED) is 0.0205. The Morgan fingerprint density at radius 3 is 1.51 bits per heavy atom. The van der Waals surface area contributed by atoms with Crippen LogP contribution in [0.4, 0.5) is 4.79 Å². The number of esters is 1. The third-order valence-electron chi connectivity index (χ3n) is 12.5. The first-order chi connectivity index (χ1) is 35.8. The normalized spacial score (nSPS) is 13.9. The Hall–Kier alpha value is -8.46. The fourth-order valence-corrected chi connectivity index (χ4v) is 7.96. The van der Waals surface area contributed by atoms with Crippen molar-refractivity contribution in [2.45, 2.75) is 109 Å². The molecule has 21 heteroatoms. The molecule has 5 aromatic rings. The molecule has 21 nitrogen and oxygen atoms in total. The van der Waals surface area contributed by atoms with E-state index in [1.54, 1.807) is 68.6 Å². The fourth-order valence-electron chi connectivity index (χ4n) is 7.96. The average Bonchev–Trinajstić information content (AvgIpc) is 3.80. The lowest BCUT2D eigenvalue weighted by Crippen LogP contribution is -2.61. The van der Waals surface area contributed by atoms with E-state index in [0.717, 1.165) is 17.3 Å². The lowest BCUT2D eigenvalue weighted by atomic mass is 9.99. The van der Waals surface area contributed by atoms with Crippen LogP contribution in [0, 0.1) is 11.8 Å². The summed E-state index contributed by atoms with van der Waals surface area (Å²) in [6.07, 6.45) is 1.19. The van der Waals surface area contributed by atoms with Crippen molar-refractivity contribution in [2.75, 3.05) is 6.61 Å². The van der Waals surface area contributed by atoms with Gasteiger partial charge in [0.1, 0.15) is 47.8 Å². The molecule has 0 aliphatic rings. The van der Waals surface area contributed by atoms with Crippen LogP contribution in [0.25, 0.3) is 10.9 Å². The predicted molar refractivity (Wildman–Crippen MR) is 276 cm³/mol. The van der Waals surface area contributed by atoms with Gasteiger partial charge in [-0.15, -0.1) is 0 Å². The number of benzene rings is 4. The Bertz CT molecular complexity index is 2730. The van der Waals surface area contributed by atoms with Crippen LogP contribution >= 0.6 is 0 Å². The summed E-state index contributed by atoms with van der Waals surface area (Å²) in [5.41, 5.74) is 9.61. The molecule has 0 bridgehead atoms. The second kappa shape index (κ2) is 28.1. The van der Waals surface area contributed by atoms with Crippen LogP contribution in [0.2, 0.25) is 0 Å². The minimum atomic E-state index is -1.48. The average molecular weight is 1030 g/mol. The Morgan fingerprint density at radius 1 is 0.573 bits per heavy atom. The molecular weight excluding hydrogens is 967 g/mol. The zero-order valence-electron chi connectivity index (χ0n) is 42.3. The predicted octanol–water partition coefficient (Wildman–Crippen LogP) is 2.84. The Labute approximate surface area is 434 Å². The van der Waals surface area contributed by atoms with E-state index in [4.69, 9.17) is 10.5 Å². The van der Waals surface area contributed by atoms with Crippen LogP contribution in [0.15, 0.2) is 109 Å². The Kier molecular flexibility index (Phi) is 21.5. The summed E-state index contributed by atoms with van der Waals surface area (Å²) < 4.78 is 5.57. The van der Waals surface area contributed by atoms with Gasteiger partial charge in [0.25, 0.3) is 0 Å². The summed E-state index contributed by atoms with van der Waals surface area (Å²) in [5, 5.41) is 45.9. The number of primary amides is 1. The molecule has 5 rings (SSSR count). The van der Waals surface area contributed by atoms with Crippen LogP contribution in [0.5, 0.6) is 11.5 Å². The van der Waals surface area contributed by atoms with E-state index in [2.05, 4.69) is 36.9 Å². The number of amides is 8. The number of carbonyl (C=O) groups excluding carboxylic acids is 8. The monoisotopic (exact) mass is 1030 g/mol. The minimum Gasteiger partial charge on any atom is -0.508 e. The van der Waals surface area contributed by atoms with E-state index in [0.29, 0.717) is 22.3 Å². The van der Waals surface area contributed by atoms with E-state index in [1.165, 1.54) is 41.9 Å². The van der Waals surface area contributed by atoms with Crippen molar-refractivity contribution >= 4 is 58.3 Å². The zero-order valence-corrected chi connectivity index (χ0v) is 42.3. The molecule has 1 aromatic heterocycles. The van der Waals surface area contributed by atoms with Crippen molar-refractivity contribution in [3.05, 3.63) is 132 Å². The maximum absolute atomic E-state index is 14.9. The van der Waals surface area contributed by atoms with Crippen LogP contribution in [-0.4, -0.2) is 111 Å². The first kappa shape index (κ1) is 57.4. The Balaban J connectivity index is 1.51. The highest BCUT2D eigenvalue weighted by Crippen LogP contribution is 2.21. The molecule has 400 valence electrons. The second-order valence-electron chi connectivity index (χ2n) is 18.8. The first-order valence-corrected chi connectivity index (χ1v) is 24.7. The number of nitrogens with two attached hydrogens (primary N) is 1. The van der Waals surface area contributed by atoms with E-state index in [1.807, 2.05) is 32.0 Å². The van der Waals surface area contributed by atoms with Gasteiger partial charge in [0, 0.05) is 49.2 Å². The van der Waals surface area contributed by atoms with Crippen LogP contribution in [0.3, 0.4) is 0 Å². The third-order valence-corrected chi connectivity index (χ3v) is 12.5. The number of urea groups is 1. The van der Waals surface area contributed by atoms with Gasteiger partial charge in [-0.2, -0.15) is 0 Å². The first-order valence-electron chi connectivity index (χ1n) is 24.7. The molecule has 0 radical (unpaired) electrons. The molecule has 0 aliphatic heterocycles. The van der Waals surface area contributed by atoms with E-state index >= 15 is 0 Å². The van der Waals surface area contributed by atoms with E-state index in [9.17, 15) is 53.8 Å². The van der Waals surface area contributed by atoms with Gasteiger partial charge in [-0.3, -0.25) is 34.0 Å². The summed E-state index contributed by atoms with van der Waals surface area (Å²) in [6.45, 7) is 7.50. The van der Waals surface area contributed by atoms with Gasteiger partial charge in [-0.05, 0) is 70.8 Å². The standard InChI is InChI=1S/C54H67N9O12/c1-5-32(4)30-75-53(72)47(31(2)3)62-52(71)44(27-35-17-21-38(65)22-18-35)59-51(70)45(28-36-29-56-40-14-10-9-13-39(36)40)60-50(69)42(25-33-11-7-6-8-12-33)58-49(68)43(26-34-15-19-37(64)20-16-34)57-48(67)41(23-24-46(55)66)61-54(73)63-74/h6-22,29,31-32,41-45,47,56,64-65,74H,5,23-28,30H2,1-4H3,(H2,55,66)(H,57,67)(H,58,68)(H,59,70)(H,60,69)(H,62,71)(H2,61,63,73)/t32-,41-,42-,43-,44-,45-,47-/m0/s1. The van der Waals surface area contributed by atoms with Crippen molar-refractivity contribution in [3.8, 4) is 11.5 Å². The maximum atomic E-state index is 14.9. The third kappa shape index (κ3) is 17.9. The van der Waals surface area contributed by atoms with Gasteiger partial charge in [-0.1, -0.05) is 107 Å². The molecule has 0 fully saturated rings. The summed E-state index contributed by atoms with van der Waals surface area (Å²) >= 11 is 0. The SMILES string of the molecule is CC[C@H](C)COC(=O)[C@@H](NC(=O)[C@H](Cc1ccc(O)cc1)NC(=O)[C@H](Cc1c[nH]c2ccccc12)NC(=O)[C@H](Cc1ccccc1)NC(=O)[C@H](Cc1ccc(O)cc1)NC(=O)[C@H](CCC(N)=O)NC(=O)NO)C(C)C. The molecule has 0 unspecified atom stereocenters. The largest absolute Gasteiger partial charge is 0.508 e. The summed E-state index contributed by atoms with van der Waals surface area (Å²) in [6, 6.07) is 18.2. The number of hydroxylamine groups is 1. The Morgan fingerprint density at radius 2 is 1.03 bits per heavy atom. The summed E-state index contributed by atoms with van der Waals surface area (Å²) in [7, 11) is 0. The molecule has 0 saturated heterocycles. The van der Waals surface area contributed by atoms with Crippen molar-refractivity contribution in [1.29, 1.82) is 0 Å². The molecule has 13 N–H and O–H groups in total. The molecule has 0 saturated carbocycles. The number of hydrogen-bond donors (Lipinski definition) is 12. The number of para-hydroxylation sites is 1. The summed E-state index contributed by atoms with van der Waals surface area (Å²) in [4.78, 5) is 113. The number of hydrogen-bond acceptors (Lipinski definition) is 12. The number of aromatic amines is 1. The van der Waals surface area contributed by atoms with Crippen molar-refractivity contribution in [2.24, 2.45) is 17.6 Å². The number of ether oxygens (including phenoxy) is 1. The zero-order chi connectivity index (χ0) is 54.6. The van der Waals surface area contributed by atoms with E-state index < -0.39 is 89.6 Å². The maximum Gasteiger partial charge on any atom is 0.339 e. The number of fused-ring (bicyclic) bond motifs is 1. The number of H-pyrrole nitrogens is 1. The van der Waals surface area contributed by atoms with Gasteiger partial charge in [0.15, 0.2) is 0 Å². The molecule has 8 amide bonds. The molecule has 0 aliphatic carbocycles. The number of phenolic OH excluding ortho intramolecular Hbond substituents is 2. The minimum absolute atomic E-state index is 0.0334. The van der Waals surface area contributed by atoms with Gasteiger partial charge >= 0.3 is 12.0 Å². The van der Waals surface area contributed by atoms with Crippen LogP contribution < -0.4 is 43.1 Å². The topological polar surface area (TPSA) is 332 Å². The van der Waals surface area contributed by atoms with Gasteiger partial charge in [0.2, 0.25) is 35.4 Å². The molecule has 75 heavy (non-hydrogen) atoms. The van der Waals surface area contributed by atoms with Crippen LogP contribution in [-0.2, 0) is 64.0 Å². The summed E-state index contributed by atoms with van der Waals surface area (Å²) in [5.74, 6) is -6.13. The van der Waals surface area contributed by atoms with Crippen molar-refractivity contribution < 1.29 is 58.5 Å². The fraction of sp³-hybridized carbons (Fsp3) is 0.370. The number of aromatic nitrogens is 1. The number of carbonyl (C=O) groups is 8. The molecule has 1 heterocycles. The number of rotatable bonds is 27. The lowest BCUT2D eigenvalue weighted by Gasteiger charge is -2.28.